The Morgan fingerprint density at radius 1 is 1.00 bits per heavy atom. The van der Waals surface area contributed by atoms with Crippen molar-refractivity contribution in [3.05, 3.63) is 84.1 Å². The number of nitrogens with one attached hydrogen (secondary N) is 1. The summed E-state index contributed by atoms with van der Waals surface area (Å²) >= 11 is 6.17. The van der Waals surface area contributed by atoms with Gasteiger partial charge in [-0.05, 0) is 42.5 Å². The summed E-state index contributed by atoms with van der Waals surface area (Å²) in [6.45, 7) is 0. The number of carbonyl (C=O) groups is 1. The molecule has 0 unspecified atom stereocenters. The summed E-state index contributed by atoms with van der Waals surface area (Å²) in [5, 5.41) is 10.9. The van der Waals surface area contributed by atoms with Crippen LogP contribution in [0.15, 0.2) is 77.7 Å². The third-order valence-electron chi connectivity index (χ3n) is 3.79. The van der Waals surface area contributed by atoms with Gasteiger partial charge < -0.3 is 9.73 Å². The Bertz CT molecular complexity index is 1060. The second-order valence-corrected chi connectivity index (χ2v) is 5.92. The molecule has 7 heteroatoms. The van der Waals surface area contributed by atoms with E-state index in [0.29, 0.717) is 16.5 Å². The second-order valence-electron chi connectivity index (χ2n) is 5.52. The van der Waals surface area contributed by atoms with Gasteiger partial charge >= 0.3 is 0 Å². The number of anilines is 1. The van der Waals surface area contributed by atoms with E-state index in [2.05, 4.69) is 15.5 Å². The fourth-order valence-corrected chi connectivity index (χ4v) is 2.77. The third-order valence-corrected chi connectivity index (χ3v) is 4.12. The zero-order valence-corrected chi connectivity index (χ0v) is 14.2. The lowest BCUT2D eigenvalue weighted by Crippen LogP contribution is -2.11. The number of hydrogen-bond acceptors (Lipinski definition) is 4. The lowest BCUT2D eigenvalue weighted by molar-refractivity contribution is 0.0997. The van der Waals surface area contributed by atoms with Crippen LogP contribution in [-0.2, 0) is 0 Å². The molecule has 1 N–H and O–H groups in total. The Balaban J connectivity index is 1.54. The highest BCUT2D eigenvalue weighted by molar-refractivity contribution is 6.33. The lowest BCUT2D eigenvalue weighted by Gasteiger charge is -2.06. The van der Waals surface area contributed by atoms with Crippen molar-refractivity contribution in [3.63, 3.8) is 0 Å². The summed E-state index contributed by atoms with van der Waals surface area (Å²) in [4.78, 5) is 12.5. The Labute approximate surface area is 154 Å². The first-order valence-electron chi connectivity index (χ1n) is 7.82. The van der Waals surface area contributed by atoms with Gasteiger partial charge in [0.05, 0.1) is 10.7 Å². The quantitative estimate of drug-likeness (QED) is 0.581. The first kappa shape index (κ1) is 16.1. The van der Waals surface area contributed by atoms with Gasteiger partial charge in [0.2, 0.25) is 0 Å². The van der Waals surface area contributed by atoms with Crippen LogP contribution >= 0.6 is 11.6 Å². The zero-order valence-electron chi connectivity index (χ0n) is 13.5. The van der Waals surface area contributed by atoms with Crippen molar-refractivity contribution in [1.29, 1.82) is 0 Å². The van der Waals surface area contributed by atoms with Gasteiger partial charge in [0.1, 0.15) is 18.4 Å². The fraction of sp³-hybridized carbons (Fsp3) is 0. The van der Waals surface area contributed by atoms with E-state index in [-0.39, 0.29) is 11.7 Å². The van der Waals surface area contributed by atoms with Crippen LogP contribution in [0.3, 0.4) is 0 Å². The molecule has 2 aromatic heterocycles. The Morgan fingerprint density at radius 3 is 2.62 bits per heavy atom. The maximum atomic E-state index is 12.5. The first-order chi connectivity index (χ1) is 12.7. The molecule has 2 heterocycles. The SMILES string of the molecule is O=C(Nc1cccc(-n2cnnc2)c1)c1ccc(-c2ccccc2Cl)o1. The predicted octanol–water partition coefficient (Wildman–Crippen LogP) is 4.43. The monoisotopic (exact) mass is 364 g/mol. The molecule has 0 radical (unpaired) electrons. The average molecular weight is 365 g/mol. The van der Waals surface area contributed by atoms with E-state index in [0.717, 1.165) is 11.3 Å². The number of nitrogens with zero attached hydrogens (tertiary/aromatic N) is 3. The molecule has 4 rings (SSSR count). The van der Waals surface area contributed by atoms with Crippen LogP contribution in [0.25, 0.3) is 17.0 Å². The van der Waals surface area contributed by atoms with Gasteiger partial charge in [-0.2, -0.15) is 0 Å². The predicted molar refractivity (Wildman–Crippen MR) is 98.5 cm³/mol. The molecule has 0 spiro atoms. The molecule has 6 nitrogen and oxygen atoms in total. The van der Waals surface area contributed by atoms with Gasteiger partial charge in [-0.3, -0.25) is 9.36 Å². The third kappa shape index (κ3) is 3.22. The molecule has 0 fully saturated rings. The van der Waals surface area contributed by atoms with Gasteiger partial charge in [0, 0.05) is 11.3 Å². The van der Waals surface area contributed by atoms with Crippen molar-refractivity contribution in [1.82, 2.24) is 14.8 Å². The summed E-state index contributed by atoms with van der Waals surface area (Å²) in [5.41, 5.74) is 2.21. The number of aromatic nitrogens is 3. The molecule has 4 aromatic rings. The first-order valence-corrected chi connectivity index (χ1v) is 8.20. The number of rotatable bonds is 4. The van der Waals surface area contributed by atoms with Crippen molar-refractivity contribution in [2.45, 2.75) is 0 Å². The van der Waals surface area contributed by atoms with E-state index in [9.17, 15) is 4.79 Å². The van der Waals surface area contributed by atoms with E-state index in [1.165, 1.54) is 0 Å². The lowest BCUT2D eigenvalue weighted by atomic mass is 10.2. The van der Waals surface area contributed by atoms with Crippen LogP contribution in [0.2, 0.25) is 5.02 Å². The molecule has 0 aliphatic carbocycles. The highest BCUT2D eigenvalue weighted by atomic mass is 35.5. The number of halogens is 1. The molecule has 1 amide bonds. The Hall–Kier alpha value is -3.38. The average Bonchev–Trinajstić information content (AvgIpc) is 3.35. The van der Waals surface area contributed by atoms with Gasteiger partial charge in [0.15, 0.2) is 5.76 Å². The molecule has 26 heavy (non-hydrogen) atoms. The molecule has 0 aliphatic heterocycles. The topological polar surface area (TPSA) is 73.0 Å². The van der Waals surface area contributed by atoms with Gasteiger partial charge in [-0.15, -0.1) is 10.2 Å². The van der Waals surface area contributed by atoms with Gasteiger partial charge in [0.25, 0.3) is 5.91 Å². The fourth-order valence-electron chi connectivity index (χ4n) is 2.54. The number of hydrogen-bond donors (Lipinski definition) is 1. The molecule has 0 saturated heterocycles. The Kier molecular flexibility index (Phi) is 4.25. The molecule has 0 aliphatic rings. The van der Waals surface area contributed by atoms with Crippen LogP contribution in [0.4, 0.5) is 5.69 Å². The van der Waals surface area contributed by atoms with Crippen molar-refractivity contribution >= 4 is 23.2 Å². The van der Waals surface area contributed by atoms with E-state index >= 15 is 0 Å². The van der Waals surface area contributed by atoms with E-state index < -0.39 is 0 Å². The standard InChI is InChI=1S/C19H13ClN4O2/c20-16-7-2-1-6-15(16)17-8-9-18(26-17)19(25)23-13-4-3-5-14(10-13)24-11-21-22-12-24/h1-12H,(H,23,25). The zero-order chi connectivity index (χ0) is 17.9. The van der Waals surface area contributed by atoms with Crippen LogP contribution in [0.1, 0.15) is 10.6 Å². The molecule has 0 bridgehead atoms. The normalized spacial score (nSPS) is 10.7. The van der Waals surface area contributed by atoms with Gasteiger partial charge in [-0.25, -0.2) is 0 Å². The summed E-state index contributed by atoms with van der Waals surface area (Å²) in [7, 11) is 0. The maximum absolute atomic E-state index is 12.5. The van der Waals surface area contributed by atoms with E-state index in [1.54, 1.807) is 41.5 Å². The van der Waals surface area contributed by atoms with Gasteiger partial charge in [-0.1, -0.05) is 29.8 Å². The van der Waals surface area contributed by atoms with E-state index in [1.807, 2.05) is 36.4 Å². The van der Waals surface area contributed by atoms with E-state index in [4.69, 9.17) is 16.0 Å². The summed E-state index contributed by atoms with van der Waals surface area (Å²) < 4.78 is 7.41. The highest BCUT2D eigenvalue weighted by Gasteiger charge is 2.14. The Morgan fingerprint density at radius 2 is 1.81 bits per heavy atom. The molecule has 128 valence electrons. The molecule has 0 saturated carbocycles. The minimum atomic E-state index is -0.343. The van der Waals surface area contributed by atoms with Crippen LogP contribution in [0.5, 0.6) is 0 Å². The minimum absolute atomic E-state index is 0.203. The van der Waals surface area contributed by atoms with Crippen LogP contribution < -0.4 is 5.32 Å². The van der Waals surface area contributed by atoms with Crippen molar-refractivity contribution < 1.29 is 9.21 Å². The second kappa shape index (κ2) is 6.85. The summed E-state index contributed by atoms with van der Waals surface area (Å²) in [5.74, 6) is 0.401. The van der Waals surface area contributed by atoms with Crippen molar-refractivity contribution in [2.24, 2.45) is 0 Å². The largest absolute Gasteiger partial charge is 0.451 e. The molecule has 0 atom stereocenters. The smallest absolute Gasteiger partial charge is 0.291 e. The number of amides is 1. The maximum Gasteiger partial charge on any atom is 0.291 e. The van der Waals surface area contributed by atoms with Crippen molar-refractivity contribution in [3.8, 4) is 17.0 Å². The van der Waals surface area contributed by atoms with Crippen molar-refractivity contribution in [2.75, 3.05) is 5.32 Å². The highest BCUT2D eigenvalue weighted by Crippen LogP contribution is 2.29. The van der Waals surface area contributed by atoms with Crippen LogP contribution in [0, 0.1) is 0 Å². The number of furan rings is 1. The molecule has 2 aromatic carbocycles. The summed E-state index contributed by atoms with van der Waals surface area (Å²) in [6.07, 6.45) is 3.17. The number of carbonyl (C=O) groups excluding carboxylic acids is 1. The minimum Gasteiger partial charge on any atom is -0.451 e. The molecular weight excluding hydrogens is 352 g/mol. The number of benzene rings is 2. The summed E-state index contributed by atoms with van der Waals surface area (Å²) in [6, 6.07) is 18.0. The van der Waals surface area contributed by atoms with Crippen LogP contribution in [-0.4, -0.2) is 20.7 Å². The molecular formula is C19H13ClN4O2.